The molecule has 7 aromatic rings. The van der Waals surface area contributed by atoms with Gasteiger partial charge in [0.2, 0.25) is 0 Å². The zero-order chi connectivity index (χ0) is 34.0. The molecule has 2 aromatic heterocycles. The van der Waals surface area contributed by atoms with E-state index in [-0.39, 0.29) is 5.88 Å². The van der Waals surface area contributed by atoms with Crippen molar-refractivity contribution >= 4 is 17.1 Å². The van der Waals surface area contributed by atoms with E-state index in [9.17, 15) is 13.2 Å². The molecule has 5 nitrogen and oxygen atoms in total. The van der Waals surface area contributed by atoms with Crippen molar-refractivity contribution in [3.05, 3.63) is 167 Å². The van der Waals surface area contributed by atoms with Crippen molar-refractivity contribution in [1.29, 1.82) is 0 Å². The molecule has 9 heteroatoms. The van der Waals surface area contributed by atoms with Crippen molar-refractivity contribution in [2.24, 2.45) is 7.05 Å². The molecule has 0 saturated heterocycles. The van der Waals surface area contributed by atoms with Crippen LogP contribution in [-0.4, -0.2) is 14.1 Å². The molecule has 0 radical (unpaired) electrons. The number of ether oxygens (including phenoxy) is 1. The van der Waals surface area contributed by atoms with Gasteiger partial charge in [-0.3, -0.25) is 0 Å². The van der Waals surface area contributed by atoms with Crippen LogP contribution < -0.4 is 9.64 Å². The molecule has 0 spiro atoms. The molecule has 0 saturated carbocycles. The van der Waals surface area contributed by atoms with Gasteiger partial charge in [0.05, 0.1) is 5.56 Å². The first-order valence-corrected chi connectivity index (χ1v) is 16.5. The number of hydrogen-bond donors (Lipinski definition) is 0. The van der Waals surface area contributed by atoms with Gasteiger partial charge in [-0.25, -0.2) is 0 Å². The Morgan fingerprint density at radius 1 is 0.673 bits per heavy atom. The third-order valence-electron chi connectivity index (χ3n) is 8.05. The van der Waals surface area contributed by atoms with Gasteiger partial charge in [-0.05, 0) is 6.07 Å². The quantitative estimate of drug-likeness (QED) is 0.153. The van der Waals surface area contributed by atoms with Crippen LogP contribution in [0.2, 0.25) is 0 Å². The molecule has 0 atom stereocenters. The van der Waals surface area contributed by atoms with Crippen LogP contribution in [0, 0.1) is 3.80 Å². The van der Waals surface area contributed by atoms with Crippen LogP contribution in [0.5, 0.6) is 11.6 Å². The molecule has 0 N–H and O–H groups in total. The Morgan fingerprint density at radius 3 is 1.90 bits per heavy atom. The first-order chi connectivity index (χ1) is 23.8. The molecule has 0 aliphatic heterocycles. The Bertz CT molecular complexity index is 2240. The van der Waals surface area contributed by atoms with Crippen molar-refractivity contribution in [2.45, 2.75) is 6.18 Å². The van der Waals surface area contributed by atoms with Gasteiger partial charge in [0, 0.05) is 6.20 Å². The summed E-state index contributed by atoms with van der Waals surface area (Å²) in [5.74, 6) is 0.196. The Labute approximate surface area is 292 Å². The summed E-state index contributed by atoms with van der Waals surface area (Å²) < 4.78 is 51.7. The predicted molar refractivity (Wildman–Crippen MR) is 183 cm³/mol. The van der Waals surface area contributed by atoms with E-state index >= 15 is 0 Å². The van der Waals surface area contributed by atoms with Crippen molar-refractivity contribution in [1.82, 2.24) is 14.1 Å². The summed E-state index contributed by atoms with van der Waals surface area (Å²) in [5.41, 5.74) is 6.75. The standard InChI is InChI=1S/C40H29F3N4O.Pt/c1-45-23-24-46(28-45)32-15-8-16-33(26-32)47(34-17-9-18-35(27-34)48-38-25-31(21-22-44-38)40(41,42)43)39-36(29-11-4-2-5-12-29)19-10-20-37(39)30-13-6-3-7-14-30;/h2-27H,1H3;. The second-order valence-corrected chi connectivity index (χ2v) is 12.3. The van der Waals surface area contributed by atoms with Gasteiger partial charge < -0.3 is 0 Å². The van der Waals surface area contributed by atoms with E-state index in [0.717, 1.165) is 67.1 Å². The topological polar surface area (TPSA) is 35.2 Å². The number of imidazole rings is 1. The Hall–Kier alpha value is -5.46. The molecule has 5 aromatic carbocycles. The van der Waals surface area contributed by atoms with Crippen LogP contribution in [0.3, 0.4) is 0 Å². The number of aromatic nitrogens is 3. The van der Waals surface area contributed by atoms with Crippen LogP contribution in [0.15, 0.2) is 158 Å². The average Bonchev–Trinajstić information content (AvgIpc) is 3.46. The number of halogens is 3. The number of hydrogen-bond acceptors (Lipinski definition) is 3. The Morgan fingerprint density at radius 2 is 1.29 bits per heavy atom. The SMILES string of the molecule is Cn1ccn(-c2cccc(N(c3cccc(Oc4cc(C(F)(F)F)ccn4)c3)c3c(-c4ccccc4)cccc3-c3ccccc3)c2)[c]1=[Pt]. The number of para-hydroxylation sites is 1. The van der Waals surface area contributed by atoms with Crippen molar-refractivity contribution in [3.63, 3.8) is 0 Å². The molecule has 0 bridgehead atoms. The molecule has 0 unspecified atom stereocenters. The second-order valence-electron chi connectivity index (χ2n) is 11.3. The third-order valence-corrected chi connectivity index (χ3v) is 9.40. The molecule has 2 heterocycles. The van der Waals surface area contributed by atoms with E-state index in [1.165, 1.54) is 0 Å². The summed E-state index contributed by atoms with van der Waals surface area (Å²) in [6.07, 6.45) is 0.613. The van der Waals surface area contributed by atoms with Crippen LogP contribution in [0.1, 0.15) is 5.56 Å². The minimum absolute atomic E-state index is 0.148. The van der Waals surface area contributed by atoms with E-state index in [0.29, 0.717) is 5.75 Å². The molecule has 49 heavy (non-hydrogen) atoms. The molecule has 0 amide bonds. The van der Waals surface area contributed by atoms with E-state index in [1.54, 1.807) is 6.07 Å². The summed E-state index contributed by atoms with van der Waals surface area (Å²) in [7, 11) is 2.00. The van der Waals surface area contributed by atoms with Gasteiger partial charge in [0.1, 0.15) is 0 Å². The number of anilines is 3. The average molecular weight is 834 g/mol. The number of nitrogens with zero attached hydrogens (tertiary/aromatic N) is 4. The molecule has 7 rings (SSSR count). The molecule has 0 fully saturated rings. The van der Waals surface area contributed by atoms with E-state index < -0.39 is 11.7 Å². The van der Waals surface area contributed by atoms with Gasteiger partial charge in [0.15, 0.2) is 0 Å². The van der Waals surface area contributed by atoms with E-state index in [2.05, 4.69) is 94.5 Å². The van der Waals surface area contributed by atoms with Crippen molar-refractivity contribution < 1.29 is 37.3 Å². The Kier molecular flexibility index (Phi) is 8.89. The Balaban J connectivity index is 1.46. The van der Waals surface area contributed by atoms with Crippen LogP contribution in [0.4, 0.5) is 30.2 Å². The van der Waals surface area contributed by atoms with Gasteiger partial charge in [-0.15, -0.1) is 0 Å². The third kappa shape index (κ3) is 6.78. The normalized spacial score (nSPS) is 11.4. The molecular weight excluding hydrogens is 805 g/mol. The van der Waals surface area contributed by atoms with E-state index in [4.69, 9.17) is 4.74 Å². The monoisotopic (exact) mass is 833 g/mol. The molecular formula is C40H29F3N4OPt. The maximum atomic E-state index is 13.5. The van der Waals surface area contributed by atoms with Crippen molar-refractivity contribution in [2.75, 3.05) is 4.90 Å². The zero-order valence-corrected chi connectivity index (χ0v) is 28.4. The summed E-state index contributed by atoms with van der Waals surface area (Å²) in [4.78, 5) is 6.24. The predicted octanol–water partition coefficient (Wildman–Crippen LogP) is 10.9. The molecule has 0 aliphatic rings. The number of pyridine rings is 1. The van der Waals surface area contributed by atoms with Gasteiger partial charge in [-0.1, -0.05) is 0 Å². The van der Waals surface area contributed by atoms with Gasteiger partial charge in [-0.2, -0.15) is 13.2 Å². The second kappa shape index (κ2) is 13.6. The summed E-state index contributed by atoms with van der Waals surface area (Å²) in [6.45, 7) is 0. The molecule has 0 aliphatic carbocycles. The number of alkyl halides is 3. The zero-order valence-electron chi connectivity index (χ0n) is 26.2. The summed E-state index contributed by atoms with van der Waals surface area (Å²) >= 11 is 2.30. The maximum absolute atomic E-state index is 13.5. The van der Waals surface area contributed by atoms with Crippen molar-refractivity contribution in [3.8, 4) is 39.6 Å². The van der Waals surface area contributed by atoms with Crippen LogP contribution >= 0.6 is 0 Å². The number of rotatable bonds is 8. The van der Waals surface area contributed by atoms with Crippen LogP contribution in [0.25, 0.3) is 27.9 Å². The van der Waals surface area contributed by atoms with Crippen LogP contribution in [-0.2, 0) is 32.6 Å². The minimum atomic E-state index is -4.52. The fourth-order valence-corrected chi connectivity index (χ4v) is 6.39. The first-order valence-electron chi connectivity index (χ1n) is 15.4. The number of benzene rings is 5. The molecule has 246 valence electrons. The first kappa shape index (κ1) is 32.1. The van der Waals surface area contributed by atoms with Gasteiger partial charge in [0.25, 0.3) is 0 Å². The fraction of sp³-hybridized carbons (Fsp3) is 0.0500. The van der Waals surface area contributed by atoms with E-state index in [1.807, 2.05) is 84.7 Å². The fourth-order valence-electron chi connectivity index (χ4n) is 5.76. The summed E-state index contributed by atoms with van der Waals surface area (Å²) in [5, 5.41) is 0. The number of aryl methyl sites for hydroxylation is 1. The summed E-state index contributed by atoms with van der Waals surface area (Å²) in [6, 6.07) is 44.1. The van der Waals surface area contributed by atoms with Gasteiger partial charge >= 0.3 is 263 Å².